The molecule has 0 aliphatic rings. The first kappa shape index (κ1) is 17.4. The number of nitrogens with zero attached hydrogens (tertiary/aromatic N) is 4. The predicted octanol–water partition coefficient (Wildman–Crippen LogP) is 3.13. The standard InChI is InChI=1S/C15H16Cl2N4O2S/c1-8-18-15-21(19-8)14(23)13(24-15)12(20(2)6-7-22)11-9(16)4-3-5-10(11)17/h3-5,12,22-23H,6-7H2,1-2H3. The van der Waals surface area contributed by atoms with Crippen LogP contribution in [0.1, 0.15) is 22.3 Å². The van der Waals surface area contributed by atoms with Crippen LogP contribution in [0, 0.1) is 6.92 Å². The molecule has 2 heterocycles. The van der Waals surface area contributed by atoms with E-state index in [1.807, 2.05) is 11.9 Å². The highest BCUT2D eigenvalue weighted by Crippen LogP contribution is 2.43. The monoisotopic (exact) mass is 386 g/mol. The third-order valence-corrected chi connectivity index (χ3v) is 5.45. The number of aryl methyl sites for hydroxylation is 1. The molecular weight excluding hydrogens is 371 g/mol. The van der Waals surface area contributed by atoms with Crippen LogP contribution in [0.5, 0.6) is 5.88 Å². The molecule has 0 aliphatic carbocycles. The summed E-state index contributed by atoms with van der Waals surface area (Å²) in [4.78, 5) is 7.39. The van der Waals surface area contributed by atoms with E-state index in [1.165, 1.54) is 15.9 Å². The normalized spacial score (nSPS) is 13.1. The van der Waals surface area contributed by atoms with Gasteiger partial charge in [-0.1, -0.05) is 40.6 Å². The van der Waals surface area contributed by atoms with Gasteiger partial charge in [-0.15, -0.1) is 5.10 Å². The van der Waals surface area contributed by atoms with Crippen LogP contribution < -0.4 is 0 Å². The van der Waals surface area contributed by atoms with Gasteiger partial charge in [0.1, 0.15) is 5.82 Å². The van der Waals surface area contributed by atoms with E-state index in [1.54, 1.807) is 25.1 Å². The summed E-state index contributed by atoms with van der Waals surface area (Å²) in [6.45, 7) is 2.12. The number of aliphatic hydroxyl groups is 1. The molecule has 0 spiro atoms. The first-order chi connectivity index (χ1) is 11.4. The molecule has 0 fully saturated rings. The highest BCUT2D eigenvalue weighted by atomic mass is 35.5. The molecule has 9 heteroatoms. The van der Waals surface area contributed by atoms with Gasteiger partial charge in [0.2, 0.25) is 10.8 Å². The molecule has 1 unspecified atom stereocenters. The fourth-order valence-corrected chi connectivity index (χ4v) is 4.42. The lowest BCUT2D eigenvalue weighted by atomic mass is 10.0. The Kier molecular flexibility index (Phi) is 4.98. The van der Waals surface area contributed by atoms with Crippen LogP contribution in [0.4, 0.5) is 0 Å². The SMILES string of the molecule is Cc1nc2sc(C(c3c(Cl)cccc3Cl)N(C)CCO)c(O)n2n1. The second kappa shape index (κ2) is 6.85. The Morgan fingerprint density at radius 2 is 2.00 bits per heavy atom. The van der Waals surface area contributed by atoms with E-state index in [4.69, 9.17) is 23.2 Å². The minimum absolute atomic E-state index is 0.00127. The van der Waals surface area contributed by atoms with Crippen molar-refractivity contribution >= 4 is 39.5 Å². The first-order valence-corrected chi connectivity index (χ1v) is 8.81. The Balaban J connectivity index is 2.20. The number of likely N-dealkylation sites (N-methyl/N-ethyl adjacent to an activating group) is 1. The summed E-state index contributed by atoms with van der Waals surface area (Å²) >= 11 is 14.1. The molecular formula is C15H16Cl2N4O2S. The van der Waals surface area contributed by atoms with Crippen molar-refractivity contribution in [3.8, 4) is 5.88 Å². The van der Waals surface area contributed by atoms with Crippen LogP contribution in [0.15, 0.2) is 18.2 Å². The smallest absolute Gasteiger partial charge is 0.230 e. The zero-order valence-electron chi connectivity index (χ0n) is 13.1. The Hall–Kier alpha value is -1.38. The molecule has 3 rings (SSSR count). The Labute approximate surface area is 152 Å². The number of fused-ring (bicyclic) bond motifs is 1. The third kappa shape index (κ3) is 2.98. The lowest BCUT2D eigenvalue weighted by Crippen LogP contribution is -2.28. The number of halogens is 2. The maximum Gasteiger partial charge on any atom is 0.230 e. The summed E-state index contributed by atoms with van der Waals surface area (Å²) in [7, 11) is 1.83. The van der Waals surface area contributed by atoms with Crippen LogP contribution in [0.25, 0.3) is 4.96 Å². The third-order valence-electron chi connectivity index (χ3n) is 3.72. The van der Waals surface area contributed by atoms with Gasteiger partial charge < -0.3 is 10.2 Å². The summed E-state index contributed by atoms with van der Waals surface area (Å²) in [5.41, 5.74) is 0.674. The van der Waals surface area contributed by atoms with Crippen molar-refractivity contribution in [2.75, 3.05) is 20.2 Å². The minimum atomic E-state index is -0.424. The van der Waals surface area contributed by atoms with E-state index in [0.29, 0.717) is 37.8 Å². The molecule has 0 amide bonds. The van der Waals surface area contributed by atoms with Crippen molar-refractivity contribution in [2.45, 2.75) is 13.0 Å². The molecule has 2 aromatic heterocycles. The van der Waals surface area contributed by atoms with E-state index in [2.05, 4.69) is 10.1 Å². The highest BCUT2D eigenvalue weighted by Gasteiger charge is 2.30. The number of aromatic hydroxyl groups is 1. The fourth-order valence-electron chi connectivity index (χ4n) is 2.64. The molecule has 1 atom stereocenters. The van der Waals surface area contributed by atoms with Crippen molar-refractivity contribution in [2.24, 2.45) is 0 Å². The molecule has 2 N–H and O–H groups in total. The van der Waals surface area contributed by atoms with Gasteiger partial charge in [0, 0.05) is 22.2 Å². The molecule has 128 valence electrons. The van der Waals surface area contributed by atoms with Gasteiger partial charge in [-0.3, -0.25) is 4.90 Å². The van der Waals surface area contributed by atoms with Gasteiger partial charge in [0.25, 0.3) is 0 Å². The second-order valence-corrected chi connectivity index (χ2v) is 7.21. The van der Waals surface area contributed by atoms with Crippen LogP contribution in [-0.4, -0.2) is 49.9 Å². The highest BCUT2D eigenvalue weighted by molar-refractivity contribution is 7.17. The van der Waals surface area contributed by atoms with Crippen molar-refractivity contribution in [1.29, 1.82) is 0 Å². The zero-order valence-corrected chi connectivity index (χ0v) is 15.4. The summed E-state index contributed by atoms with van der Waals surface area (Å²) in [5.74, 6) is 0.584. The fraction of sp³-hybridized carbons (Fsp3) is 0.333. The average molecular weight is 387 g/mol. The Bertz CT molecular complexity index is 860. The predicted molar refractivity (Wildman–Crippen MR) is 95.3 cm³/mol. The van der Waals surface area contributed by atoms with E-state index in [9.17, 15) is 10.2 Å². The molecule has 0 radical (unpaired) electrons. The summed E-state index contributed by atoms with van der Waals surface area (Å²) in [6, 6.07) is 4.84. The van der Waals surface area contributed by atoms with Crippen molar-refractivity contribution in [3.63, 3.8) is 0 Å². The van der Waals surface area contributed by atoms with Gasteiger partial charge in [0.15, 0.2) is 0 Å². The second-order valence-electron chi connectivity index (χ2n) is 5.39. The van der Waals surface area contributed by atoms with Crippen LogP contribution in [-0.2, 0) is 0 Å². The van der Waals surface area contributed by atoms with Crippen molar-refractivity contribution < 1.29 is 10.2 Å². The topological polar surface area (TPSA) is 73.9 Å². The maximum absolute atomic E-state index is 10.6. The quantitative estimate of drug-likeness (QED) is 0.704. The Morgan fingerprint density at radius 1 is 1.33 bits per heavy atom. The number of thiazole rings is 1. The molecule has 6 nitrogen and oxygen atoms in total. The van der Waals surface area contributed by atoms with E-state index < -0.39 is 6.04 Å². The summed E-state index contributed by atoms with van der Waals surface area (Å²) < 4.78 is 1.40. The first-order valence-electron chi connectivity index (χ1n) is 7.24. The lowest BCUT2D eigenvalue weighted by molar-refractivity contribution is 0.196. The van der Waals surface area contributed by atoms with E-state index >= 15 is 0 Å². The van der Waals surface area contributed by atoms with Crippen molar-refractivity contribution in [3.05, 3.63) is 44.5 Å². The largest absolute Gasteiger partial charge is 0.492 e. The molecule has 3 aromatic rings. The zero-order chi connectivity index (χ0) is 17.4. The van der Waals surface area contributed by atoms with Crippen LogP contribution in [0.2, 0.25) is 10.0 Å². The number of hydrogen-bond donors (Lipinski definition) is 2. The Morgan fingerprint density at radius 3 is 2.58 bits per heavy atom. The van der Waals surface area contributed by atoms with Gasteiger partial charge in [0.05, 0.1) is 17.5 Å². The van der Waals surface area contributed by atoms with Crippen LogP contribution >= 0.6 is 34.5 Å². The molecule has 0 bridgehead atoms. The molecule has 0 saturated heterocycles. The molecule has 0 saturated carbocycles. The van der Waals surface area contributed by atoms with Gasteiger partial charge in [-0.25, -0.2) is 4.98 Å². The lowest BCUT2D eigenvalue weighted by Gasteiger charge is -2.28. The van der Waals surface area contributed by atoms with Gasteiger partial charge in [-0.05, 0) is 26.1 Å². The average Bonchev–Trinajstić information content (AvgIpc) is 3.01. The number of aliphatic hydroxyl groups excluding tert-OH is 1. The van der Waals surface area contributed by atoms with Gasteiger partial charge in [-0.2, -0.15) is 4.52 Å². The molecule has 24 heavy (non-hydrogen) atoms. The van der Waals surface area contributed by atoms with Crippen molar-refractivity contribution in [1.82, 2.24) is 19.5 Å². The van der Waals surface area contributed by atoms with E-state index in [0.717, 1.165) is 0 Å². The molecule has 1 aromatic carbocycles. The number of rotatable bonds is 5. The maximum atomic E-state index is 10.6. The molecule has 0 aliphatic heterocycles. The minimum Gasteiger partial charge on any atom is -0.492 e. The summed E-state index contributed by atoms with van der Waals surface area (Å²) in [6.07, 6.45) is 0. The van der Waals surface area contributed by atoms with Crippen LogP contribution in [0.3, 0.4) is 0 Å². The van der Waals surface area contributed by atoms with E-state index in [-0.39, 0.29) is 12.5 Å². The number of aromatic nitrogens is 3. The van der Waals surface area contributed by atoms with Gasteiger partial charge >= 0.3 is 0 Å². The number of hydrogen-bond acceptors (Lipinski definition) is 6. The number of benzene rings is 1. The summed E-state index contributed by atoms with van der Waals surface area (Å²) in [5, 5.41) is 25.1.